The van der Waals surface area contributed by atoms with Crippen molar-refractivity contribution in [3.8, 4) is 0 Å². The number of non-ortho nitro benzene ring substituents is 1. The van der Waals surface area contributed by atoms with Gasteiger partial charge in [0.1, 0.15) is 5.82 Å². The molecule has 3 heterocycles. The number of hydrogen-bond acceptors (Lipinski definition) is 6. The van der Waals surface area contributed by atoms with Crippen LogP contribution in [0.25, 0.3) is 16.6 Å². The van der Waals surface area contributed by atoms with E-state index in [1.54, 1.807) is 6.07 Å². The summed E-state index contributed by atoms with van der Waals surface area (Å²) < 4.78 is 1.93. The minimum Gasteiger partial charge on any atom is -0.352 e. The molecule has 0 saturated carbocycles. The zero-order chi connectivity index (χ0) is 17.4. The van der Waals surface area contributed by atoms with Gasteiger partial charge in [0.15, 0.2) is 11.5 Å². The van der Waals surface area contributed by atoms with Gasteiger partial charge in [0.2, 0.25) is 0 Å². The molecule has 0 atom stereocenters. The molecule has 0 saturated heterocycles. The molecule has 8 nitrogen and oxygen atoms in total. The van der Waals surface area contributed by atoms with Gasteiger partial charge in [-0.05, 0) is 30.3 Å². The molecule has 0 N–H and O–H groups in total. The molecular weight excluding hydrogens is 320 g/mol. The number of anilines is 1. The van der Waals surface area contributed by atoms with Crippen LogP contribution in [0.1, 0.15) is 5.82 Å². The van der Waals surface area contributed by atoms with Gasteiger partial charge in [0, 0.05) is 30.8 Å². The minimum atomic E-state index is -0.407. The first-order chi connectivity index (χ1) is 12.1. The Labute approximate surface area is 142 Å². The van der Waals surface area contributed by atoms with Gasteiger partial charge in [0.25, 0.3) is 5.69 Å². The molecule has 3 aromatic heterocycles. The second kappa shape index (κ2) is 5.82. The first-order valence-electron chi connectivity index (χ1n) is 7.67. The van der Waals surface area contributed by atoms with E-state index in [4.69, 9.17) is 0 Å². The summed E-state index contributed by atoms with van der Waals surface area (Å²) in [4.78, 5) is 17.0. The van der Waals surface area contributed by atoms with Gasteiger partial charge in [-0.25, -0.2) is 4.98 Å². The number of nitro groups is 1. The molecule has 4 aromatic rings. The summed E-state index contributed by atoms with van der Waals surface area (Å²) in [5.74, 6) is 1.57. The number of pyridine rings is 2. The van der Waals surface area contributed by atoms with Crippen molar-refractivity contribution in [2.75, 3.05) is 11.9 Å². The van der Waals surface area contributed by atoms with Crippen LogP contribution in [-0.4, -0.2) is 31.6 Å². The normalized spacial score (nSPS) is 11.1. The summed E-state index contributed by atoms with van der Waals surface area (Å²) in [5.41, 5.74) is 1.57. The highest BCUT2D eigenvalue weighted by molar-refractivity contribution is 5.82. The Balaban J connectivity index is 1.64. The molecule has 8 heteroatoms. The second-order valence-electron chi connectivity index (χ2n) is 5.70. The zero-order valence-electron chi connectivity index (χ0n) is 13.4. The average molecular weight is 334 g/mol. The zero-order valence-corrected chi connectivity index (χ0v) is 13.4. The Kier molecular flexibility index (Phi) is 3.50. The maximum absolute atomic E-state index is 10.9. The van der Waals surface area contributed by atoms with Crippen LogP contribution in [0.15, 0.2) is 54.7 Å². The van der Waals surface area contributed by atoms with Crippen LogP contribution in [0.5, 0.6) is 0 Å². The number of fused-ring (bicyclic) bond motifs is 2. The van der Waals surface area contributed by atoms with Gasteiger partial charge in [-0.1, -0.05) is 6.07 Å². The van der Waals surface area contributed by atoms with Crippen LogP contribution in [0.2, 0.25) is 0 Å². The van der Waals surface area contributed by atoms with Crippen molar-refractivity contribution >= 4 is 28.1 Å². The molecule has 0 radical (unpaired) electrons. The fraction of sp³-hybridized carbons (Fsp3) is 0.118. The summed E-state index contributed by atoms with van der Waals surface area (Å²) in [6, 6.07) is 14.1. The van der Waals surface area contributed by atoms with Gasteiger partial charge >= 0.3 is 0 Å². The highest BCUT2D eigenvalue weighted by Gasteiger charge is 2.11. The van der Waals surface area contributed by atoms with Gasteiger partial charge in [-0.3, -0.25) is 14.5 Å². The third-order valence-corrected chi connectivity index (χ3v) is 4.02. The Morgan fingerprint density at radius 1 is 1.16 bits per heavy atom. The van der Waals surface area contributed by atoms with E-state index >= 15 is 0 Å². The van der Waals surface area contributed by atoms with E-state index in [-0.39, 0.29) is 5.69 Å². The minimum absolute atomic E-state index is 0.0605. The molecule has 0 aliphatic heterocycles. The standard InChI is InChI=1S/C17H14N6O2/c1-21(11-17-20-19-16-4-2-3-9-22(16)17)15-8-5-12-10-13(23(24)25)6-7-14(12)18-15/h2-10H,11H2,1H3. The number of nitrogens with zero attached hydrogens (tertiary/aromatic N) is 6. The van der Waals surface area contributed by atoms with Gasteiger partial charge < -0.3 is 4.90 Å². The molecule has 4 rings (SSSR count). The fourth-order valence-corrected chi connectivity index (χ4v) is 2.72. The molecule has 0 spiro atoms. The van der Waals surface area contributed by atoms with Crippen molar-refractivity contribution in [2.45, 2.75) is 6.54 Å². The Morgan fingerprint density at radius 2 is 2.04 bits per heavy atom. The Hall–Kier alpha value is -3.55. The van der Waals surface area contributed by atoms with Gasteiger partial charge in [-0.2, -0.15) is 0 Å². The molecule has 0 fully saturated rings. The second-order valence-corrected chi connectivity index (χ2v) is 5.70. The van der Waals surface area contributed by atoms with Crippen LogP contribution in [0.3, 0.4) is 0 Å². The predicted molar refractivity (Wildman–Crippen MR) is 93.5 cm³/mol. The lowest BCUT2D eigenvalue weighted by molar-refractivity contribution is -0.384. The Bertz CT molecular complexity index is 1090. The van der Waals surface area contributed by atoms with Crippen LogP contribution >= 0.6 is 0 Å². The van der Waals surface area contributed by atoms with Crippen molar-refractivity contribution in [3.05, 3.63) is 70.7 Å². The summed E-state index contributed by atoms with van der Waals surface area (Å²) >= 11 is 0. The van der Waals surface area contributed by atoms with E-state index in [0.29, 0.717) is 12.1 Å². The largest absolute Gasteiger partial charge is 0.352 e. The van der Waals surface area contributed by atoms with E-state index in [1.807, 2.05) is 52.9 Å². The highest BCUT2D eigenvalue weighted by atomic mass is 16.6. The number of hydrogen-bond donors (Lipinski definition) is 0. The van der Waals surface area contributed by atoms with Crippen molar-refractivity contribution in [1.82, 2.24) is 19.6 Å². The predicted octanol–water partition coefficient (Wildman–Crippen LogP) is 2.82. The molecule has 124 valence electrons. The maximum Gasteiger partial charge on any atom is 0.270 e. The number of benzene rings is 1. The van der Waals surface area contributed by atoms with Gasteiger partial charge in [0.05, 0.1) is 17.0 Å². The molecular formula is C17H14N6O2. The lowest BCUT2D eigenvalue weighted by atomic mass is 10.2. The van der Waals surface area contributed by atoms with Crippen molar-refractivity contribution < 1.29 is 4.92 Å². The van der Waals surface area contributed by atoms with Gasteiger partial charge in [-0.15, -0.1) is 10.2 Å². The quantitative estimate of drug-likeness (QED) is 0.421. The van der Waals surface area contributed by atoms with E-state index < -0.39 is 4.92 Å². The van der Waals surface area contributed by atoms with E-state index in [1.165, 1.54) is 12.1 Å². The third kappa shape index (κ3) is 2.74. The summed E-state index contributed by atoms with van der Waals surface area (Å²) in [5, 5.41) is 20.0. The Morgan fingerprint density at radius 3 is 2.88 bits per heavy atom. The molecule has 0 unspecified atom stereocenters. The lowest BCUT2D eigenvalue weighted by Gasteiger charge is -2.17. The van der Waals surface area contributed by atoms with Crippen LogP contribution < -0.4 is 4.90 Å². The first kappa shape index (κ1) is 15.0. The van der Waals surface area contributed by atoms with Crippen molar-refractivity contribution in [1.29, 1.82) is 0 Å². The summed E-state index contributed by atoms with van der Waals surface area (Å²) in [7, 11) is 1.92. The van der Waals surface area contributed by atoms with Crippen LogP contribution in [-0.2, 0) is 6.54 Å². The number of nitro benzene ring substituents is 1. The lowest BCUT2D eigenvalue weighted by Crippen LogP contribution is -2.19. The van der Waals surface area contributed by atoms with E-state index in [2.05, 4.69) is 15.2 Å². The van der Waals surface area contributed by atoms with Crippen molar-refractivity contribution in [3.63, 3.8) is 0 Å². The van der Waals surface area contributed by atoms with E-state index in [0.717, 1.165) is 22.7 Å². The van der Waals surface area contributed by atoms with Crippen LogP contribution in [0.4, 0.5) is 11.5 Å². The molecule has 0 bridgehead atoms. The van der Waals surface area contributed by atoms with E-state index in [9.17, 15) is 10.1 Å². The van der Waals surface area contributed by atoms with Crippen LogP contribution in [0, 0.1) is 10.1 Å². The molecule has 0 aliphatic carbocycles. The topological polar surface area (TPSA) is 89.5 Å². The monoisotopic (exact) mass is 334 g/mol. The average Bonchev–Trinajstić information content (AvgIpc) is 3.03. The smallest absolute Gasteiger partial charge is 0.270 e. The summed E-state index contributed by atoms with van der Waals surface area (Å²) in [6.45, 7) is 0.538. The summed E-state index contributed by atoms with van der Waals surface area (Å²) in [6.07, 6.45) is 1.92. The number of aromatic nitrogens is 4. The molecule has 0 aliphatic rings. The molecule has 25 heavy (non-hydrogen) atoms. The number of rotatable bonds is 4. The SMILES string of the molecule is CN(Cc1nnc2ccccn12)c1ccc2cc([N+](=O)[O-])ccc2n1. The van der Waals surface area contributed by atoms with Crippen molar-refractivity contribution in [2.24, 2.45) is 0 Å². The third-order valence-electron chi connectivity index (χ3n) is 4.02. The first-order valence-corrected chi connectivity index (χ1v) is 7.67. The molecule has 0 amide bonds. The maximum atomic E-state index is 10.9. The molecule has 1 aromatic carbocycles. The fourth-order valence-electron chi connectivity index (χ4n) is 2.72. The highest BCUT2D eigenvalue weighted by Crippen LogP contribution is 2.22.